The van der Waals surface area contributed by atoms with Crippen molar-refractivity contribution in [2.45, 2.75) is 38.2 Å². The maximum absolute atomic E-state index is 12.9. The summed E-state index contributed by atoms with van der Waals surface area (Å²) >= 11 is 1.39. The number of benzene rings is 3. The Hall–Kier alpha value is -3.58. The standard InChI is InChI=1S/C27H26N4O2S/c1-3-31-24(16-33-23-15-9-4-10-18(23)2)29-30-27(31)34-17-25(32)28-26-21-13-7-5-11-19(21)20-12-6-8-14-22(20)26/h4-15,26H,3,16-17H2,1-2H3,(H,28,32). The Balaban J connectivity index is 1.24. The number of carbonyl (C=O) groups is 1. The topological polar surface area (TPSA) is 69.0 Å². The van der Waals surface area contributed by atoms with Crippen molar-refractivity contribution >= 4 is 17.7 Å². The second kappa shape index (κ2) is 9.73. The zero-order valence-electron chi connectivity index (χ0n) is 19.2. The molecule has 0 unspecified atom stereocenters. The van der Waals surface area contributed by atoms with Crippen molar-refractivity contribution in [1.82, 2.24) is 20.1 Å². The number of fused-ring (bicyclic) bond motifs is 3. The van der Waals surface area contributed by atoms with Gasteiger partial charge in [0, 0.05) is 6.54 Å². The molecule has 0 saturated carbocycles. The molecule has 0 fully saturated rings. The minimum atomic E-state index is -0.136. The summed E-state index contributed by atoms with van der Waals surface area (Å²) in [7, 11) is 0. The molecule has 0 radical (unpaired) electrons. The van der Waals surface area contributed by atoms with Crippen LogP contribution in [0.1, 0.15) is 35.5 Å². The number of nitrogens with one attached hydrogen (secondary N) is 1. The van der Waals surface area contributed by atoms with E-state index in [0.29, 0.717) is 18.3 Å². The number of aryl methyl sites for hydroxylation is 1. The van der Waals surface area contributed by atoms with Gasteiger partial charge in [-0.2, -0.15) is 0 Å². The number of amides is 1. The van der Waals surface area contributed by atoms with Gasteiger partial charge in [0.15, 0.2) is 11.0 Å². The number of hydrogen-bond donors (Lipinski definition) is 1. The first kappa shape index (κ1) is 22.2. The Labute approximate surface area is 203 Å². The largest absolute Gasteiger partial charge is 0.485 e. The number of aromatic nitrogens is 3. The Morgan fingerprint density at radius 1 is 0.971 bits per heavy atom. The molecule has 5 rings (SSSR count). The van der Waals surface area contributed by atoms with E-state index in [-0.39, 0.29) is 17.7 Å². The maximum Gasteiger partial charge on any atom is 0.231 e. The zero-order chi connectivity index (χ0) is 23.5. The first-order valence-electron chi connectivity index (χ1n) is 11.4. The van der Waals surface area contributed by atoms with Gasteiger partial charge in [0.2, 0.25) is 5.91 Å². The van der Waals surface area contributed by atoms with E-state index in [1.807, 2.05) is 66.9 Å². The summed E-state index contributed by atoms with van der Waals surface area (Å²) in [5.41, 5.74) is 5.70. The lowest BCUT2D eigenvalue weighted by atomic mass is 10.1. The van der Waals surface area contributed by atoms with Crippen molar-refractivity contribution in [2.75, 3.05) is 5.75 Å². The zero-order valence-corrected chi connectivity index (χ0v) is 20.0. The van der Waals surface area contributed by atoms with Crippen LogP contribution in [-0.2, 0) is 17.9 Å². The van der Waals surface area contributed by atoms with E-state index < -0.39 is 0 Å². The first-order valence-corrected chi connectivity index (χ1v) is 12.3. The minimum absolute atomic E-state index is 0.0372. The van der Waals surface area contributed by atoms with Crippen LogP contribution in [0.2, 0.25) is 0 Å². The molecule has 172 valence electrons. The van der Waals surface area contributed by atoms with Gasteiger partial charge in [0.05, 0.1) is 11.8 Å². The van der Waals surface area contributed by atoms with Gasteiger partial charge in [-0.3, -0.25) is 4.79 Å². The molecular weight excluding hydrogens is 444 g/mol. The number of carbonyl (C=O) groups excluding carboxylic acids is 1. The van der Waals surface area contributed by atoms with Crippen molar-refractivity contribution in [3.05, 3.63) is 95.3 Å². The van der Waals surface area contributed by atoms with Crippen molar-refractivity contribution < 1.29 is 9.53 Å². The van der Waals surface area contributed by atoms with Crippen molar-refractivity contribution in [2.24, 2.45) is 0 Å². The summed E-state index contributed by atoms with van der Waals surface area (Å²) in [5.74, 6) is 1.80. The predicted octanol–water partition coefficient (Wildman–Crippen LogP) is 5.16. The quantitative estimate of drug-likeness (QED) is 0.360. The Bertz CT molecular complexity index is 1290. The lowest BCUT2D eigenvalue weighted by Gasteiger charge is -2.16. The highest BCUT2D eigenvalue weighted by molar-refractivity contribution is 7.99. The molecule has 1 aromatic heterocycles. The van der Waals surface area contributed by atoms with Crippen LogP contribution in [0.4, 0.5) is 0 Å². The van der Waals surface area contributed by atoms with Gasteiger partial charge < -0.3 is 14.6 Å². The smallest absolute Gasteiger partial charge is 0.231 e. The molecule has 34 heavy (non-hydrogen) atoms. The molecule has 1 aliphatic rings. The molecule has 0 saturated heterocycles. The molecule has 6 nitrogen and oxygen atoms in total. The molecule has 1 aliphatic carbocycles. The van der Waals surface area contributed by atoms with E-state index in [1.165, 1.54) is 22.9 Å². The molecule has 0 atom stereocenters. The summed E-state index contributed by atoms with van der Waals surface area (Å²) in [6.45, 7) is 5.08. The molecule has 7 heteroatoms. The summed E-state index contributed by atoms with van der Waals surface area (Å²) in [5, 5.41) is 12.6. The van der Waals surface area contributed by atoms with Crippen LogP contribution in [-0.4, -0.2) is 26.4 Å². The minimum Gasteiger partial charge on any atom is -0.485 e. The SMILES string of the molecule is CCn1c(COc2ccccc2C)nnc1SCC(=O)NC1c2ccccc2-c2ccccc21. The van der Waals surface area contributed by atoms with Crippen LogP contribution in [0.15, 0.2) is 78.0 Å². The second-order valence-corrected chi connectivity index (χ2v) is 9.10. The normalized spacial score (nSPS) is 12.3. The van der Waals surface area contributed by atoms with Crippen LogP contribution in [0.5, 0.6) is 5.75 Å². The Kier molecular flexibility index (Phi) is 6.36. The molecule has 0 spiro atoms. The van der Waals surface area contributed by atoms with Crippen molar-refractivity contribution in [3.8, 4) is 16.9 Å². The van der Waals surface area contributed by atoms with Gasteiger partial charge in [-0.15, -0.1) is 10.2 Å². The van der Waals surface area contributed by atoms with E-state index in [1.54, 1.807) is 0 Å². The molecule has 0 aliphatic heterocycles. The molecular formula is C27H26N4O2S. The predicted molar refractivity (Wildman–Crippen MR) is 134 cm³/mol. The number of ether oxygens (including phenoxy) is 1. The van der Waals surface area contributed by atoms with Gasteiger partial charge in [-0.05, 0) is 47.7 Å². The summed E-state index contributed by atoms with van der Waals surface area (Å²) in [6.07, 6.45) is 0. The third-order valence-corrected chi connectivity index (χ3v) is 7.00. The first-order chi connectivity index (χ1) is 16.7. The van der Waals surface area contributed by atoms with Crippen LogP contribution in [0, 0.1) is 6.92 Å². The number of thioether (sulfide) groups is 1. The fourth-order valence-electron chi connectivity index (χ4n) is 4.35. The van der Waals surface area contributed by atoms with Gasteiger partial charge in [-0.1, -0.05) is 78.5 Å². The molecule has 0 bridgehead atoms. The number of rotatable bonds is 8. The van der Waals surface area contributed by atoms with Crippen LogP contribution in [0.3, 0.4) is 0 Å². The van der Waals surface area contributed by atoms with Crippen molar-refractivity contribution in [1.29, 1.82) is 0 Å². The molecule has 1 N–H and O–H groups in total. The maximum atomic E-state index is 12.9. The lowest BCUT2D eigenvalue weighted by molar-refractivity contribution is -0.119. The van der Waals surface area contributed by atoms with E-state index in [4.69, 9.17) is 4.74 Å². The van der Waals surface area contributed by atoms with E-state index >= 15 is 0 Å². The highest BCUT2D eigenvalue weighted by Gasteiger charge is 2.29. The van der Waals surface area contributed by atoms with Gasteiger partial charge in [0.1, 0.15) is 12.4 Å². The summed E-state index contributed by atoms with van der Waals surface area (Å²) < 4.78 is 7.94. The summed E-state index contributed by atoms with van der Waals surface area (Å²) in [6, 6.07) is 24.3. The average molecular weight is 471 g/mol. The van der Waals surface area contributed by atoms with E-state index in [9.17, 15) is 4.79 Å². The number of nitrogens with zero attached hydrogens (tertiary/aromatic N) is 3. The number of para-hydroxylation sites is 1. The molecule has 3 aromatic carbocycles. The van der Waals surface area contributed by atoms with Gasteiger partial charge in [0.25, 0.3) is 0 Å². The fourth-order valence-corrected chi connectivity index (χ4v) is 5.19. The number of hydrogen-bond acceptors (Lipinski definition) is 5. The van der Waals surface area contributed by atoms with Gasteiger partial charge >= 0.3 is 0 Å². The highest BCUT2D eigenvalue weighted by atomic mass is 32.2. The Morgan fingerprint density at radius 3 is 2.29 bits per heavy atom. The van der Waals surface area contributed by atoms with Crippen LogP contribution in [0.25, 0.3) is 11.1 Å². The van der Waals surface area contributed by atoms with E-state index in [0.717, 1.165) is 28.3 Å². The van der Waals surface area contributed by atoms with Gasteiger partial charge in [-0.25, -0.2) is 0 Å². The fraction of sp³-hybridized carbons (Fsp3) is 0.222. The van der Waals surface area contributed by atoms with Crippen LogP contribution < -0.4 is 10.1 Å². The highest BCUT2D eigenvalue weighted by Crippen LogP contribution is 2.43. The summed E-state index contributed by atoms with van der Waals surface area (Å²) in [4.78, 5) is 12.9. The molecule has 1 heterocycles. The third-order valence-electron chi connectivity index (χ3n) is 6.03. The monoisotopic (exact) mass is 470 g/mol. The second-order valence-electron chi connectivity index (χ2n) is 8.16. The van der Waals surface area contributed by atoms with Crippen LogP contribution >= 0.6 is 11.8 Å². The van der Waals surface area contributed by atoms with E-state index in [2.05, 4.69) is 39.8 Å². The average Bonchev–Trinajstić information content (AvgIpc) is 3.41. The lowest BCUT2D eigenvalue weighted by Crippen LogP contribution is -2.29. The van der Waals surface area contributed by atoms with Crippen molar-refractivity contribution in [3.63, 3.8) is 0 Å². The Morgan fingerprint density at radius 2 is 1.62 bits per heavy atom. The third kappa shape index (κ3) is 4.31. The molecule has 1 amide bonds. The molecule has 4 aromatic rings.